The van der Waals surface area contributed by atoms with Crippen molar-refractivity contribution < 1.29 is 27.4 Å². The van der Waals surface area contributed by atoms with Gasteiger partial charge in [0.25, 0.3) is 0 Å². The molecule has 0 bridgehead atoms. The van der Waals surface area contributed by atoms with Crippen molar-refractivity contribution in [1.82, 2.24) is 9.97 Å². The smallest absolute Gasteiger partial charge is 0.164 e. The molecule has 0 amide bonds. The predicted octanol–water partition coefficient (Wildman–Crippen LogP) is 2.25. The fourth-order valence-corrected chi connectivity index (χ4v) is 5.27. The number of aliphatic hydroxyl groups is 2. The van der Waals surface area contributed by atoms with Gasteiger partial charge in [0.15, 0.2) is 15.7 Å². The lowest BCUT2D eigenvalue weighted by molar-refractivity contribution is 0.0187. The first-order chi connectivity index (χ1) is 13.6. The lowest BCUT2D eigenvalue weighted by atomic mass is 10.1. The van der Waals surface area contributed by atoms with Crippen LogP contribution in [-0.4, -0.2) is 53.9 Å². The lowest BCUT2D eigenvalue weighted by Crippen LogP contribution is -2.27. The molecule has 0 radical (unpaired) electrons. The van der Waals surface area contributed by atoms with Gasteiger partial charge in [0.05, 0.1) is 40.0 Å². The van der Waals surface area contributed by atoms with Crippen LogP contribution in [0.2, 0.25) is 5.02 Å². The summed E-state index contributed by atoms with van der Waals surface area (Å²) in [7, 11) is -3.44. The van der Waals surface area contributed by atoms with Crippen LogP contribution >= 0.6 is 24.0 Å². The maximum Gasteiger partial charge on any atom is 0.164 e. The lowest BCUT2D eigenvalue weighted by Gasteiger charge is -2.24. The molecule has 0 saturated carbocycles. The Hall–Kier alpha value is -1.59. The Balaban J connectivity index is 0.00000256. The maximum absolute atomic E-state index is 14.4. The molecule has 7 nitrogen and oxygen atoms in total. The molecule has 2 aromatic rings. The Morgan fingerprint density at radius 3 is 2.30 bits per heavy atom. The second-order valence-corrected chi connectivity index (χ2v) is 9.75. The quantitative estimate of drug-likeness (QED) is 0.633. The SMILES string of the molecule is Cl.O=S1(=O)Cc2nc(-c3cc(F)c(Cl)cc3F)nc(N3CC[C@@H](O)[C@@H](O)CC3)c2C1. The number of aromatic nitrogens is 2. The number of hydrogen-bond acceptors (Lipinski definition) is 7. The van der Waals surface area contributed by atoms with Gasteiger partial charge in [0.1, 0.15) is 17.5 Å². The third kappa shape index (κ3) is 4.38. The fraction of sp³-hybridized carbons (Fsp3) is 0.444. The molecule has 1 aromatic carbocycles. The van der Waals surface area contributed by atoms with Crippen molar-refractivity contribution in [1.29, 1.82) is 0 Å². The Bertz CT molecular complexity index is 1080. The summed E-state index contributed by atoms with van der Waals surface area (Å²) >= 11 is 5.61. The molecule has 1 fully saturated rings. The van der Waals surface area contributed by atoms with Crippen molar-refractivity contribution in [3.8, 4) is 11.4 Å². The molecule has 4 rings (SSSR count). The number of nitrogens with zero attached hydrogens (tertiary/aromatic N) is 3. The summed E-state index contributed by atoms with van der Waals surface area (Å²) in [5.74, 6) is -2.10. The zero-order valence-corrected chi connectivity index (χ0v) is 17.9. The van der Waals surface area contributed by atoms with Crippen LogP contribution in [0.5, 0.6) is 0 Å². The molecule has 0 spiro atoms. The van der Waals surface area contributed by atoms with Crippen molar-refractivity contribution in [3.05, 3.63) is 40.0 Å². The third-order valence-electron chi connectivity index (χ3n) is 5.18. The number of anilines is 1. The zero-order chi connectivity index (χ0) is 20.9. The Kier molecular flexibility index (Phi) is 6.54. The minimum Gasteiger partial charge on any atom is -0.390 e. The molecule has 3 heterocycles. The summed E-state index contributed by atoms with van der Waals surface area (Å²) < 4.78 is 52.7. The first-order valence-corrected chi connectivity index (χ1v) is 11.2. The standard InChI is InChI=1S/C18H18ClF2N3O4S.ClH/c19-11-6-12(20)9(5-13(11)21)17-22-14-8-29(27,28)7-10(14)18(23-17)24-3-1-15(25)16(26)2-4-24;/h5-6,15-16,25-26H,1-4,7-8H2;1H/t15-,16+;. The molecule has 0 aliphatic carbocycles. The average molecular weight is 482 g/mol. The van der Waals surface area contributed by atoms with Crippen LogP contribution in [-0.2, 0) is 21.3 Å². The molecule has 2 atom stereocenters. The van der Waals surface area contributed by atoms with Crippen LogP contribution in [0.25, 0.3) is 11.4 Å². The molecular formula is C18H19Cl2F2N3O4S. The minimum absolute atomic E-state index is 0. The maximum atomic E-state index is 14.4. The molecule has 0 unspecified atom stereocenters. The van der Waals surface area contributed by atoms with E-state index in [4.69, 9.17) is 11.6 Å². The van der Waals surface area contributed by atoms with Crippen LogP contribution in [0.4, 0.5) is 14.6 Å². The largest absolute Gasteiger partial charge is 0.390 e. The van der Waals surface area contributed by atoms with E-state index in [2.05, 4.69) is 9.97 Å². The number of halogens is 4. The Labute approximate surface area is 183 Å². The molecule has 12 heteroatoms. The molecular weight excluding hydrogens is 463 g/mol. The highest BCUT2D eigenvalue weighted by molar-refractivity contribution is 7.90. The highest BCUT2D eigenvalue weighted by atomic mass is 35.5. The summed E-state index contributed by atoms with van der Waals surface area (Å²) in [4.78, 5) is 10.3. The Morgan fingerprint density at radius 1 is 1.03 bits per heavy atom. The normalized spacial score (nSPS) is 22.9. The predicted molar refractivity (Wildman–Crippen MR) is 109 cm³/mol. The van der Waals surface area contributed by atoms with Gasteiger partial charge >= 0.3 is 0 Å². The van der Waals surface area contributed by atoms with E-state index >= 15 is 0 Å². The summed E-state index contributed by atoms with van der Waals surface area (Å²) in [6, 6.07) is 1.69. The highest BCUT2D eigenvalue weighted by Gasteiger charge is 2.34. The molecule has 2 N–H and O–H groups in total. The van der Waals surface area contributed by atoms with E-state index in [-0.39, 0.29) is 58.9 Å². The van der Waals surface area contributed by atoms with Crippen molar-refractivity contribution in [2.24, 2.45) is 0 Å². The third-order valence-corrected chi connectivity index (χ3v) is 6.91. The van der Waals surface area contributed by atoms with Crippen molar-refractivity contribution in [3.63, 3.8) is 0 Å². The van der Waals surface area contributed by atoms with Crippen LogP contribution < -0.4 is 4.90 Å². The number of rotatable bonds is 2. The van der Waals surface area contributed by atoms with E-state index in [1.165, 1.54) is 0 Å². The molecule has 1 saturated heterocycles. The van der Waals surface area contributed by atoms with E-state index in [0.717, 1.165) is 12.1 Å². The summed E-state index contributed by atoms with van der Waals surface area (Å²) in [6.07, 6.45) is -1.29. The van der Waals surface area contributed by atoms with E-state index < -0.39 is 33.7 Å². The van der Waals surface area contributed by atoms with Crippen LogP contribution in [0, 0.1) is 11.6 Å². The number of aliphatic hydroxyl groups excluding tert-OH is 2. The topological polar surface area (TPSA) is 104 Å². The van der Waals surface area contributed by atoms with Crippen LogP contribution in [0.3, 0.4) is 0 Å². The van der Waals surface area contributed by atoms with Gasteiger partial charge in [-0.2, -0.15) is 0 Å². The molecule has 2 aliphatic rings. The van der Waals surface area contributed by atoms with Crippen molar-refractivity contribution in [2.75, 3.05) is 18.0 Å². The first-order valence-electron chi connectivity index (χ1n) is 9.01. The average Bonchev–Trinajstić information content (AvgIpc) is 2.87. The summed E-state index contributed by atoms with van der Waals surface area (Å²) in [5, 5.41) is 19.4. The highest BCUT2D eigenvalue weighted by Crippen LogP contribution is 2.35. The second-order valence-electron chi connectivity index (χ2n) is 7.27. The first kappa shape index (κ1) is 23.1. The van der Waals surface area contributed by atoms with Gasteiger partial charge < -0.3 is 15.1 Å². The molecule has 30 heavy (non-hydrogen) atoms. The monoisotopic (exact) mass is 481 g/mol. The Morgan fingerprint density at radius 2 is 1.67 bits per heavy atom. The summed E-state index contributed by atoms with van der Waals surface area (Å²) in [5.41, 5.74) is 0.426. The summed E-state index contributed by atoms with van der Waals surface area (Å²) in [6.45, 7) is 0.636. The van der Waals surface area contributed by atoms with Gasteiger partial charge in [-0.25, -0.2) is 27.2 Å². The van der Waals surface area contributed by atoms with Crippen molar-refractivity contribution in [2.45, 2.75) is 36.6 Å². The fourth-order valence-electron chi connectivity index (χ4n) is 3.62. The number of benzene rings is 1. The minimum atomic E-state index is -3.44. The van der Waals surface area contributed by atoms with Crippen LogP contribution in [0.15, 0.2) is 12.1 Å². The van der Waals surface area contributed by atoms with Gasteiger partial charge in [-0.05, 0) is 25.0 Å². The van der Waals surface area contributed by atoms with Gasteiger partial charge in [0, 0.05) is 18.7 Å². The molecule has 2 aliphatic heterocycles. The molecule has 164 valence electrons. The zero-order valence-electron chi connectivity index (χ0n) is 15.6. The molecule has 1 aromatic heterocycles. The van der Waals surface area contributed by atoms with E-state index in [0.29, 0.717) is 24.5 Å². The van der Waals surface area contributed by atoms with E-state index in [1.54, 1.807) is 4.90 Å². The van der Waals surface area contributed by atoms with E-state index in [1.807, 2.05) is 0 Å². The number of fused-ring (bicyclic) bond motifs is 1. The van der Waals surface area contributed by atoms with E-state index in [9.17, 15) is 27.4 Å². The van der Waals surface area contributed by atoms with Gasteiger partial charge in [0.2, 0.25) is 0 Å². The van der Waals surface area contributed by atoms with Crippen LogP contribution in [0.1, 0.15) is 24.1 Å². The van der Waals surface area contributed by atoms with Gasteiger partial charge in [-0.15, -0.1) is 12.4 Å². The second kappa shape index (κ2) is 8.51. The van der Waals surface area contributed by atoms with Gasteiger partial charge in [-0.1, -0.05) is 11.6 Å². The number of sulfone groups is 1. The van der Waals surface area contributed by atoms with Gasteiger partial charge in [-0.3, -0.25) is 0 Å². The van der Waals surface area contributed by atoms with Crippen molar-refractivity contribution >= 4 is 39.7 Å². The number of hydrogen-bond donors (Lipinski definition) is 2.